The lowest BCUT2D eigenvalue weighted by molar-refractivity contribution is 0.0786. The van der Waals surface area contributed by atoms with Crippen LogP contribution < -0.4 is 0 Å². The van der Waals surface area contributed by atoms with Crippen molar-refractivity contribution in [2.45, 2.75) is 31.5 Å². The maximum atomic E-state index is 9.46. The molecule has 2 saturated heterocycles. The fourth-order valence-corrected chi connectivity index (χ4v) is 3.36. The molecule has 92 valence electrons. The van der Waals surface area contributed by atoms with E-state index in [9.17, 15) is 10.2 Å². The average Bonchev–Trinajstić information content (AvgIpc) is 2.89. The Hall–Kier alpha value is -1.06. The minimum absolute atomic E-state index is 0.213. The fraction of sp³-hybridized carbons (Fsp3) is 0.571. The topological polar surface area (TPSA) is 49.7 Å². The van der Waals surface area contributed by atoms with E-state index in [0.29, 0.717) is 17.8 Å². The van der Waals surface area contributed by atoms with E-state index in [0.717, 1.165) is 24.8 Å². The second kappa shape index (κ2) is 4.31. The number of aromatic hydroxyl groups is 1. The number of rotatable bonds is 3. The first-order chi connectivity index (χ1) is 8.28. The fourth-order valence-electron chi connectivity index (χ4n) is 3.36. The summed E-state index contributed by atoms with van der Waals surface area (Å²) in [5.74, 6) is 0.990. The third-order valence-corrected chi connectivity index (χ3v) is 4.18. The van der Waals surface area contributed by atoms with Gasteiger partial charge in [-0.25, -0.2) is 0 Å². The summed E-state index contributed by atoms with van der Waals surface area (Å²) in [5.41, 5.74) is 1.13. The molecule has 3 nitrogen and oxygen atoms in total. The number of hydrogen-bond acceptors (Lipinski definition) is 3. The van der Waals surface area contributed by atoms with Crippen molar-refractivity contribution in [3.8, 4) is 5.75 Å². The minimum Gasteiger partial charge on any atom is -0.508 e. The molecule has 0 saturated carbocycles. The van der Waals surface area contributed by atoms with Crippen molar-refractivity contribution in [1.29, 1.82) is 0 Å². The normalized spacial score (nSPS) is 35.4. The third kappa shape index (κ3) is 1.94. The zero-order valence-electron chi connectivity index (χ0n) is 9.75. The van der Waals surface area contributed by atoms with Crippen LogP contribution in [0, 0.1) is 11.8 Å². The van der Waals surface area contributed by atoms with Crippen LogP contribution in [-0.4, -0.2) is 29.0 Å². The number of phenolic OH excluding ortho intramolecular Hbond substituents is 1. The number of aliphatic hydroxyl groups is 1. The summed E-state index contributed by atoms with van der Waals surface area (Å²) in [6.07, 6.45) is 3.66. The van der Waals surface area contributed by atoms with E-state index in [1.165, 1.54) is 0 Å². The van der Waals surface area contributed by atoms with E-state index in [-0.39, 0.29) is 18.6 Å². The first-order valence-corrected chi connectivity index (χ1v) is 6.32. The molecule has 0 amide bonds. The predicted octanol–water partition coefficient (Wildman–Crippen LogP) is 1.72. The summed E-state index contributed by atoms with van der Waals surface area (Å²) in [7, 11) is 0. The highest BCUT2D eigenvalue weighted by molar-refractivity contribution is 5.27. The Morgan fingerprint density at radius 2 is 1.94 bits per heavy atom. The number of phenols is 1. The van der Waals surface area contributed by atoms with Crippen LogP contribution in [0.15, 0.2) is 24.3 Å². The summed E-state index contributed by atoms with van der Waals surface area (Å²) < 4.78 is 5.87. The van der Waals surface area contributed by atoms with E-state index < -0.39 is 0 Å². The Labute approximate surface area is 101 Å². The SMILES string of the molecule is OC[C@@H]1[C@H](Cc2cccc(O)c2)[C@@H]2CC[C@H]1O2. The van der Waals surface area contributed by atoms with Crippen LogP contribution in [0.4, 0.5) is 0 Å². The molecule has 0 aromatic heterocycles. The Morgan fingerprint density at radius 3 is 2.65 bits per heavy atom. The van der Waals surface area contributed by atoms with Crippen LogP contribution in [0.2, 0.25) is 0 Å². The molecular formula is C14H18O3. The van der Waals surface area contributed by atoms with Gasteiger partial charge < -0.3 is 14.9 Å². The molecule has 1 aromatic carbocycles. The zero-order valence-corrected chi connectivity index (χ0v) is 9.75. The molecule has 2 aliphatic heterocycles. The van der Waals surface area contributed by atoms with Crippen molar-refractivity contribution < 1.29 is 14.9 Å². The second-order valence-corrected chi connectivity index (χ2v) is 5.17. The van der Waals surface area contributed by atoms with Crippen LogP contribution in [0.1, 0.15) is 18.4 Å². The standard InChI is InChI=1S/C14H18O3/c15-8-12-11(13-4-5-14(12)17-13)7-9-2-1-3-10(16)6-9/h1-3,6,11-16H,4-5,7-8H2/t11-,12+,13-,14+/m0/s1. The summed E-state index contributed by atoms with van der Waals surface area (Å²) in [4.78, 5) is 0. The quantitative estimate of drug-likeness (QED) is 0.837. The largest absolute Gasteiger partial charge is 0.508 e. The molecular weight excluding hydrogens is 216 g/mol. The lowest BCUT2D eigenvalue weighted by atomic mass is 9.76. The van der Waals surface area contributed by atoms with E-state index in [2.05, 4.69) is 0 Å². The van der Waals surface area contributed by atoms with E-state index in [1.807, 2.05) is 12.1 Å². The van der Waals surface area contributed by atoms with Gasteiger partial charge in [0, 0.05) is 12.5 Å². The molecule has 1 aromatic rings. The maximum Gasteiger partial charge on any atom is 0.115 e. The Kier molecular flexibility index (Phi) is 2.81. The van der Waals surface area contributed by atoms with Gasteiger partial charge >= 0.3 is 0 Å². The molecule has 2 aliphatic rings. The Balaban J connectivity index is 1.76. The van der Waals surface area contributed by atoms with Gasteiger partial charge in [0.2, 0.25) is 0 Å². The molecule has 0 aliphatic carbocycles. The van der Waals surface area contributed by atoms with Crippen molar-refractivity contribution in [1.82, 2.24) is 0 Å². The summed E-state index contributed by atoms with van der Waals surface area (Å²) >= 11 is 0. The van der Waals surface area contributed by atoms with Crippen LogP contribution in [-0.2, 0) is 11.2 Å². The zero-order chi connectivity index (χ0) is 11.8. The highest BCUT2D eigenvalue weighted by Gasteiger charge is 2.48. The molecule has 17 heavy (non-hydrogen) atoms. The molecule has 2 N–H and O–H groups in total. The van der Waals surface area contributed by atoms with E-state index >= 15 is 0 Å². The lowest BCUT2D eigenvalue weighted by Gasteiger charge is -2.26. The second-order valence-electron chi connectivity index (χ2n) is 5.17. The maximum absolute atomic E-state index is 9.46. The smallest absolute Gasteiger partial charge is 0.115 e. The highest BCUT2D eigenvalue weighted by Crippen LogP contribution is 2.44. The van der Waals surface area contributed by atoms with Gasteiger partial charge in [-0.2, -0.15) is 0 Å². The summed E-state index contributed by atoms with van der Waals surface area (Å²) in [5, 5.41) is 18.9. The van der Waals surface area contributed by atoms with Gasteiger partial charge in [0.15, 0.2) is 0 Å². The summed E-state index contributed by atoms with van der Waals surface area (Å²) in [6.45, 7) is 0.213. The van der Waals surface area contributed by atoms with Crippen molar-refractivity contribution in [2.75, 3.05) is 6.61 Å². The van der Waals surface area contributed by atoms with Crippen molar-refractivity contribution in [2.24, 2.45) is 11.8 Å². The van der Waals surface area contributed by atoms with Crippen LogP contribution >= 0.6 is 0 Å². The molecule has 0 radical (unpaired) electrons. The third-order valence-electron chi connectivity index (χ3n) is 4.18. The van der Waals surface area contributed by atoms with E-state index in [1.54, 1.807) is 12.1 Å². The predicted molar refractivity (Wildman–Crippen MR) is 63.8 cm³/mol. The average molecular weight is 234 g/mol. The molecule has 2 heterocycles. The van der Waals surface area contributed by atoms with Gasteiger partial charge in [0.1, 0.15) is 5.75 Å². The molecule has 2 fully saturated rings. The van der Waals surface area contributed by atoms with Gasteiger partial charge in [-0.15, -0.1) is 0 Å². The van der Waals surface area contributed by atoms with Crippen molar-refractivity contribution >= 4 is 0 Å². The number of ether oxygens (including phenoxy) is 1. The number of benzene rings is 1. The summed E-state index contributed by atoms with van der Waals surface area (Å²) in [6, 6.07) is 7.39. The number of aliphatic hydroxyl groups excluding tert-OH is 1. The molecule has 3 rings (SSSR count). The van der Waals surface area contributed by atoms with Crippen LogP contribution in [0.25, 0.3) is 0 Å². The lowest BCUT2D eigenvalue weighted by Crippen LogP contribution is -2.31. The van der Waals surface area contributed by atoms with Crippen LogP contribution in [0.5, 0.6) is 5.75 Å². The first kappa shape index (κ1) is 11.1. The highest BCUT2D eigenvalue weighted by atomic mass is 16.5. The van der Waals surface area contributed by atoms with Gasteiger partial charge in [-0.1, -0.05) is 12.1 Å². The molecule has 4 atom stereocenters. The Bertz CT molecular complexity index is 404. The molecule has 0 unspecified atom stereocenters. The van der Waals surface area contributed by atoms with Gasteiger partial charge in [-0.3, -0.25) is 0 Å². The van der Waals surface area contributed by atoms with Crippen molar-refractivity contribution in [3.63, 3.8) is 0 Å². The van der Waals surface area contributed by atoms with E-state index in [4.69, 9.17) is 4.74 Å². The van der Waals surface area contributed by atoms with Crippen molar-refractivity contribution in [3.05, 3.63) is 29.8 Å². The van der Waals surface area contributed by atoms with Gasteiger partial charge in [0.05, 0.1) is 12.2 Å². The number of hydrogen-bond donors (Lipinski definition) is 2. The molecule has 0 spiro atoms. The molecule has 2 bridgehead atoms. The van der Waals surface area contributed by atoms with Crippen LogP contribution in [0.3, 0.4) is 0 Å². The molecule has 3 heteroatoms. The minimum atomic E-state index is 0.213. The van der Waals surface area contributed by atoms with Gasteiger partial charge in [0.25, 0.3) is 0 Å². The Morgan fingerprint density at radius 1 is 1.18 bits per heavy atom. The first-order valence-electron chi connectivity index (χ1n) is 6.32. The number of fused-ring (bicyclic) bond motifs is 2. The van der Waals surface area contributed by atoms with Gasteiger partial charge in [-0.05, 0) is 42.9 Å². The monoisotopic (exact) mass is 234 g/mol.